The molecule has 0 spiro atoms. The van der Waals surface area contributed by atoms with Gasteiger partial charge in [-0.2, -0.15) is 0 Å². The molecule has 88 valence electrons. The second-order valence-electron chi connectivity index (χ2n) is 3.82. The van der Waals surface area contributed by atoms with Crippen LogP contribution in [-0.4, -0.2) is 0 Å². The van der Waals surface area contributed by atoms with Gasteiger partial charge in [0.05, 0.1) is 11.5 Å². The second kappa shape index (κ2) is 9.82. The van der Waals surface area contributed by atoms with Crippen molar-refractivity contribution in [1.82, 2.24) is 0 Å². The Kier molecular flexibility index (Phi) is 9.35. The van der Waals surface area contributed by atoms with Gasteiger partial charge in [-0.3, -0.25) is 0 Å². The van der Waals surface area contributed by atoms with Gasteiger partial charge in [-0.15, -0.1) is 0 Å². The van der Waals surface area contributed by atoms with Crippen molar-refractivity contribution in [3.63, 3.8) is 0 Å². The number of hydrogen-bond donors (Lipinski definition) is 0. The highest BCUT2D eigenvalue weighted by atomic mass is 16.5. The summed E-state index contributed by atoms with van der Waals surface area (Å²) >= 11 is 0. The summed E-state index contributed by atoms with van der Waals surface area (Å²) in [5.74, 6) is 2.25. The van der Waals surface area contributed by atoms with Crippen molar-refractivity contribution < 1.29 is 4.74 Å². The van der Waals surface area contributed by atoms with Gasteiger partial charge in [0.2, 0.25) is 0 Å². The van der Waals surface area contributed by atoms with E-state index in [1.807, 2.05) is 0 Å². The summed E-state index contributed by atoms with van der Waals surface area (Å²) in [7, 11) is 0. The van der Waals surface area contributed by atoms with E-state index in [-0.39, 0.29) is 0 Å². The van der Waals surface area contributed by atoms with Crippen LogP contribution in [0.4, 0.5) is 0 Å². The van der Waals surface area contributed by atoms with Crippen LogP contribution in [0.15, 0.2) is 23.7 Å². The Morgan fingerprint density at radius 3 is 1.53 bits per heavy atom. The zero-order valence-electron chi connectivity index (χ0n) is 10.8. The number of unbranched alkanes of at least 4 members (excludes halogenated alkanes) is 2. The summed E-state index contributed by atoms with van der Waals surface area (Å²) < 4.78 is 5.88. The van der Waals surface area contributed by atoms with E-state index in [1.54, 1.807) is 0 Å². The molecule has 15 heavy (non-hydrogen) atoms. The lowest BCUT2D eigenvalue weighted by atomic mass is 10.2. The lowest BCUT2D eigenvalue weighted by Gasteiger charge is -2.12. The molecule has 0 unspecified atom stereocenters. The third-order valence-electron chi connectivity index (χ3n) is 2.46. The van der Waals surface area contributed by atoms with Crippen molar-refractivity contribution in [1.29, 1.82) is 0 Å². The third-order valence-corrected chi connectivity index (χ3v) is 2.46. The highest BCUT2D eigenvalue weighted by molar-refractivity contribution is 5.00. The van der Waals surface area contributed by atoms with Crippen LogP contribution >= 0.6 is 0 Å². The van der Waals surface area contributed by atoms with Crippen LogP contribution in [0, 0.1) is 0 Å². The first-order chi connectivity index (χ1) is 7.28. The van der Waals surface area contributed by atoms with Gasteiger partial charge in [-0.1, -0.05) is 26.7 Å². The summed E-state index contributed by atoms with van der Waals surface area (Å²) in [4.78, 5) is 0. The summed E-state index contributed by atoms with van der Waals surface area (Å²) in [6, 6.07) is 0. The van der Waals surface area contributed by atoms with Crippen LogP contribution in [0.25, 0.3) is 0 Å². The van der Waals surface area contributed by atoms with E-state index in [4.69, 9.17) is 4.74 Å². The van der Waals surface area contributed by atoms with Crippen LogP contribution in [-0.2, 0) is 4.74 Å². The fourth-order valence-electron chi connectivity index (χ4n) is 1.38. The van der Waals surface area contributed by atoms with Crippen molar-refractivity contribution in [2.45, 2.75) is 66.2 Å². The largest absolute Gasteiger partial charge is 0.467 e. The molecular formula is C14H26O. The Morgan fingerprint density at radius 2 is 1.27 bits per heavy atom. The van der Waals surface area contributed by atoms with E-state index in [1.165, 1.54) is 25.7 Å². The molecule has 1 heteroatoms. The average molecular weight is 210 g/mol. The summed E-state index contributed by atoms with van der Waals surface area (Å²) in [5.41, 5.74) is 0. The van der Waals surface area contributed by atoms with Crippen LogP contribution in [0.2, 0.25) is 0 Å². The molecule has 1 nitrogen and oxygen atoms in total. The highest BCUT2D eigenvalue weighted by Gasteiger charge is 2.01. The Morgan fingerprint density at radius 1 is 0.867 bits per heavy atom. The molecule has 0 aromatic rings. The molecule has 0 rings (SSSR count). The van der Waals surface area contributed by atoms with E-state index in [0.29, 0.717) is 0 Å². The van der Waals surface area contributed by atoms with Crippen molar-refractivity contribution in [2.24, 2.45) is 0 Å². The number of ether oxygens (including phenoxy) is 1. The van der Waals surface area contributed by atoms with Gasteiger partial charge >= 0.3 is 0 Å². The van der Waals surface area contributed by atoms with Crippen molar-refractivity contribution in [2.75, 3.05) is 0 Å². The molecular weight excluding hydrogens is 184 g/mol. The standard InChI is InChI=1S/C14H26O/c1-5-9-11-13(7-3)15-14(8-4)12-10-6-2/h7-8H,5-6,9-12H2,1-4H3. The van der Waals surface area contributed by atoms with Crippen LogP contribution < -0.4 is 0 Å². The van der Waals surface area contributed by atoms with Gasteiger partial charge in [-0.05, 0) is 38.8 Å². The van der Waals surface area contributed by atoms with Gasteiger partial charge in [0.1, 0.15) is 0 Å². The summed E-state index contributed by atoms with van der Waals surface area (Å²) in [5, 5.41) is 0. The van der Waals surface area contributed by atoms with E-state index < -0.39 is 0 Å². The van der Waals surface area contributed by atoms with E-state index >= 15 is 0 Å². The lowest BCUT2D eigenvalue weighted by molar-refractivity contribution is 0.270. The minimum absolute atomic E-state index is 1.07. The molecule has 0 heterocycles. The Hall–Kier alpha value is -0.720. The minimum atomic E-state index is 1.07. The molecule has 0 aliphatic rings. The first-order valence-corrected chi connectivity index (χ1v) is 6.26. The zero-order valence-corrected chi connectivity index (χ0v) is 10.8. The molecule has 0 radical (unpaired) electrons. The van der Waals surface area contributed by atoms with E-state index in [2.05, 4.69) is 39.8 Å². The topological polar surface area (TPSA) is 9.23 Å². The SMILES string of the molecule is CC=C(CCCC)OC(=CC)CCCC. The minimum Gasteiger partial charge on any atom is -0.467 e. The molecule has 0 aromatic heterocycles. The smallest absolute Gasteiger partial charge is 0.0993 e. The van der Waals surface area contributed by atoms with Gasteiger partial charge in [-0.25, -0.2) is 0 Å². The predicted molar refractivity (Wildman–Crippen MR) is 67.6 cm³/mol. The monoisotopic (exact) mass is 210 g/mol. The molecule has 0 N–H and O–H groups in total. The quantitative estimate of drug-likeness (QED) is 0.501. The molecule has 0 amide bonds. The fraction of sp³-hybridized carbons (Fsp3) is 0.714. The Bertz CT molecular complexity index is 179. The number of allylic oxidation sites excluding steroid dienone is 4. The van der Waals surface area contributed by atoms with Gasteiger partial charge < -0.3 is 4.74 Å². The maximum absolute atomic E-state index is 5.88. The third kappa shape index (κ3) is 7.24. The summed E-state index contributed by atoms with van der Waals surface area (Å²) in [6.45, 7) is 8.53. The van der Waals surface area contributed by atoms with Crippen molar-refractivity contribution in [3.05, 3.63) is 23.7 Å². The molecule has 0 aliphatic carbocycles. The Labute approximate surface area is 95.2 Å². The van der Waals surface area contributed by atoms with Gasteiger partial charge in [0, 0.05) is 12.8 Å². The molecule has 0 fully saturated rings. The van der Waals surface area contributed by atoms with Gasteiger partial charge in [0.25, 0.3) is 0 Å². The molecule has 0 saturated carbocycles. The number of rotatable bonds is 8. The molecule has 0 aliphatic heterocycles. The van der Waals surface area contributed by atoms with Crippen molar-refractivity contribution in [3.8, 4) is 0 Å². The Balaban J connectivity index is 4.02. The summed E-state index contributed by atoms with van der Waals surface area (Å²) in [6.07, 6.45) is 11.2. The number of hydrogen-bond acceptors (Lipinski definition) is 1. The van der Waals surface area contributed by atoms with E-state index in [0.717, 1.165) is 24.4 Å². The van der Waals surface area contributed by atoms with Crippen LogP contribution in [0.5, 0.6) is 0 Å². The van der Waals surface area contributed by atoms with Gasteiger partial charge in [0.15, 0.2) is 0 Å². The predicted octanol–water partition coefficient (Wildman–Crippen LogP) is 5.19. The highest BCUT2D eigenvalue weighted by Crippen LogP contribution is 2.17. The average Bonchev–Trinajstić information content (AvgIpc) is 2.28. The molecule has 0 atom stereocenters. The fourth-order valence-corrected chi connectivity index (χ4v) is 1.38. The zero-order chi connectivity index (χ0) is 11.5. The van der Waals surface area contributed by atoms with Crippen LogP contribution in [0.3, 0.4) is 0 Å². The first kappa shape index (κ1) is 14.3. The van der Waals surface area contributed by atoms with E-state index in [9.17, 15) is 0 Å². The van der Waals surface area contributed by atoms with Crippen LogP contribution in [0.1, 0.15) is 66.2 Å². The van der Waals surface area contributed by atoms with Crippen molar-refractivity contribution >= 4 is 0 Å². The maximum Gasteiger partial charge on any atom is 0.0993 e. The molecule has 0 bridgehead atoms. The maximum atomic E-state index is 5.88. The normalized spacial score (nSPS) is 13.1. The molecule has 0 aromatic carbocycles. The second-order valence-corrected chi connectivity index (χ2v) is 3.82. The molecule has 0 saturated heterocycles. The lowest BCUT2D eigenvalue weighted by Crippen LogP contribution is -1.94. The first-order valence-electron chi connectivity index (χ1n) is 6.26.